The predicted octanol–water partition coefficient (Wildman–Crippen LogP) is 2.91. The number of hydrogen-bond acceptors (Lipinski definition) is 5. The molecule has 2 bridgehead atoms. The van der Waals surface area contributed by atoms with Gasteiger partial charge in [-0.25, -0.2) is 0 Å². The number of amides is 2. The fourth-order valence-electron chi connectivity index (χ4n) is 4.08. The quantitative estimate of drug-likeness (QED) is 0.758. The molecular weight excluding hydrogens is 360 g/mol. The predicted molar refractivity (Wildman–Crippen MR) is 103 cm³/mol. The lowest BCUT2D eigenvalue weighted by Crippen LogP contribution is -2.41. The summed E-state index contributed by atoms with van der Waals surface area (Å²) in [5.74, 6) is -1.07. The zero-order valence-corrected chi connectivity index (χ0v) is 16.2. The van der Waals surface area contributed by atoms with Crippen LogP contribution >= 0.6 is 0 Å². The van der Waals surface area contributed by atoms with Crippen LogP contribution in [0.15, 0.2) is 24.3 Å². The van der Waals surface area contributed by atoms with Crippen LogP contribution in [0.4, 0.5) is 11.4 Å². The molecule has 2 N–H and O–H groups in total. The Bertz CT molecular complexity index is 758. The van der Waals surface area contributed by atoms with Crippen molar-refractivity contribution in [2.24, 2.45) is 17.8 Å². The Labute approximate surface area is 164 Å². The van der Waals surface area contributed by atoms with Crippen LogP contribution in [0.3, 0.4) is 0 Å². The zero-order chi connectivity index (χ0) is 20.3. The summed E-state index contributed by atoms with van der Waals surface area (Å²) in [5.41, 5.74) is 1.17. The minimum Gasteiger partial charge on any atom is -0.452 e. The van der Waals surface area contributed by atoms with E-state index in [9.17, 15) is 19.2 Å². The van der Waals surface area contributed by atoms with E-state index in [1.165, 1.54) is 13.8 Å². The molecule has 1 aromatic carbocycles. The van der Waals surface area contributed by atoms with Gasteiger partial charge in [0.25, 0.3) is 5.91 Å². The molecule has 0 spiro atoms. The maximum absolute atomic E-state index is 12.5. The van der Waals surface area contributed by atoms with E-state index in [4.69, 9.17) is 4.74 Å². The van der Waals surface area contributed by atoms with E-state index in [2.05, 4.69) is 10.6 Å². The van der Waals surface area contributed by atoms with Gasteiger partial charge < -0.3 is 15.4 Å². The fourth-order valence-corrected chi connectivity index (χ4v) is 4.08. The van der Waals surface area contributed by atoms with Gasteiger partial charge in [0.15, 0.2) is 6.10 Å². The van der Waals surface area contributed by atoms with E-state index in [0.29, 0.717) is 30.0 Å². The van der Waals surface area contributed by atoms with E-state index in [-0.39, 0.29) is 23.7 Å². The Morgan fingerprint density at radius 2 is 1.54 bits per heavy atom. The molecule has 2 saturated carbocycles. The Balaban J connectivity index is 1.51. The van der Waals surface area contributed by atoms with Gasteiger partial charge in [0, 0.05) is 30.1 Å². The number of carbonyl (C=O) groups is 4. The van der Waals surface area contributed by atoms with Crippen molar-refractivity contribution in [1.82, 2.24) is 0 Å². The fraction of sp³-hybridized carbons (Fsp3) is 0.524. The number of Topliss-reactive ketones (excluding diaryl/α,β-unsaturated/α-hetero) is 1. The summed E-state index contributed by atoms with van der Waals surface area (Å²) in [6.45, 7) is 2.95. The maximum Gasteiger partial charge on any atom is 0.309 e. The first-order valence-corrected chi connectivity index (χ1v) is 9.76. The standard InChI is InChI=1S/C21H26N2O5/c1-12(20(26)23-18-8-6-17(7-9-18)22-13(2)24)28-21(27)16-10-14-4-3-5-15(11-16)19(14)25/h6-9,12,14-16H,3-5,10-11H2,1-2H3,(H,22,24)(H,23,26)/t12-,14-,15+,16?/m1/s1. The molecular formula is C21H26N2O5. The second-order valence-corrected chi connectivity index (χ2v) is 7.72. The summed E-state index contributed by atoms with van der Waals surface area (Å²) in [4.78, 5) is 48.0. The number of nitrogens with one attached hydrogen (secondary N) is 2. The highest BCUT2D eigenvalue weighted by molar-refractivity contribution is 5.96. The van der Waals surface area contributed by atoms with Gasteiger partial charge in [-0.2, -0.15) is 0 Å². The molecule has 0 radical (unpaired) electrons. The number of fused-ring (bicyclic) bond motifs is 2. The van der Waals surface area contributed by atoms with Crippen LogP contribution in [0.5, 0.6) is 0 Å². The summed E-state index contributed by atoms with van der Waals surface area (Å²) < 4.78 is 5.38. The number of carbonyl (C=O) groups excluding carboxylic acids is 4. The first-order chi connectivity index (χ1) is 13.3. The third kappa shape index (κ3) is 4.77. The number of rotatable bonds is 5. The van der Waals surface area contributed by atoms with Crippen LogP contribution in [-0.2, 0) is 23.9 Å². The molecule has 3 rings (SSSR count). The van der Waals surface area contributed by atoms with Crippen LogP contribution in [-0.4, -0.2) is 29.7 Å². The normalized spacial score (nSPS) is 24.8. The van der Waals surface area contributed by atoms with E-state index in [1.54, 1.807) is 24.3 Å². The van der Waals surface area contributed by atoms with Gasteiger partial charge in [-0.15, -0.1) is 0 Å². The van der Waals surface area contributed by atoms with Crippen molar-refractivity contribution in [2.45, 2.75) is 52.1 Å². The third-order valence-corrected chi connectivity index (χ3v) is 5.52. The number of benzene rings is 1. The highest BCUT2D eigenvalue weighted by Crippen LogP contribution is 2.40. The molecule has 2 fully saturated rings. The van der Waals surface area contributed by atoms with Gasteiger partial charge in [-0.05, 0) is 56.9 Å². The monoisotopic (exact) mass is 386 g/mol. The van der Waals surface area contributed by atoms with Crippen molar-refractivity contribution in [3.05, 3.63) is 24.3 Å². The summed E-state index contributed by atoms with van der Waals surface area (Å²) in [6, 6.07) is 6.66. The van der Waals surface area contributed by atoms with Crippen molar-refractivity contribution in [3.63, 3.8) is 0 Å². The maximum atomic E-state index is 12.5. The number of anilines is 2. The molecule has 2 amide bonds. The summed E-state index contributed by atoms with van der Waals surface area (Å²) >= 11 is 0. The van der Waals surface area contributed by atoms with Crippen molar-refractivity contribution < 1.29 is 23.9 Å². The van der Waals surface area contributed by atoms with Crippen LogP contribution in [0.1, 0.15) is 46.0 Å². The van der Waals surface area contributed by atoms with Crippen LogP contribution in [0.2, 0.25) is 0 Å². The van der Waals surface area contributed by atoms with Crippen molar-refractivity contribution in [2.75, 3.05) is 10.6 Å². The van der Waals surface area contributed by atoms with Gasteiger partial charge in [0.05, 0.1) is 5.92 Å². The lowest BCUT2D eigenvalue weighted by atomic mass is 9.67. The van der Waals surface area contributed by atoms with E-state index in [0.717, 1.165) is 19.3 Å². The zero-order valence-electron chi connectivity index (χ0n) is 16.2. The molecule has 1 aromatic rings. The summed E-state index contributed by atoms with van der Waals surface area (Å²) in [7, 11) is 0. The lowest BCUT2D eigenvalue weighted by molar-refractivity contribution is -0.161. The summed E-state index contributed by atoms with van der Waals surface area (Å²) in [5, 5.41) is 5.34. The van der Waals surface area contributed by atoms with Crippen LogP contribution in [0, 0.1) is 17.8 Å². The number of ketones is 1. The molecule has 2 aliphatic rings. The minimum absolute atomic E-state index is 0.0312. The molecule has 0 saturated heterocycles. The highest BCUT2D eigenvalue weighted by atomic mass is 16.5. The Morgan fingerprint density at radius 3 is 2.07 bits per heavy atom. The van der Waals surface area contributed by atoms with Gasteiger partial charge in [-0.3, -0.25) is 19.2 Å². The lowest BCUT2D eigenvalue weighted by Gasteiger charge is -2.36. The molecule has 4 atom stereocenters. The number of ether oxygens (including phenoxy) is 1. The molecule has 2 aliphatic carbocycles. The molecule has 0 aliphatic heterocycles. The number of esters is 1. The van der Waals surface area contributed by atoms with Crippen molar-refractivity contribution in [3.8, 4) is 0 Å². The van der Waals surface area contributed by atoms with Crippen molar-refractivity contribution in [1.29, 1.82) is 0 Å². The van der Waals surface area contributed by atoms with E-state index >= 15 is 0 Å². The first kappa shape index (κ1) is 20.0. The Morgan fingerprint density at radius 1 is 1.00 bits per heavy atom. The Hall–Kier alpha value is -2.70. The molecule has 7 nitrogen and oxygen atoms in total. The third-order valence-electron chi connectivity index (χ3n) is 5.52. The molecule has 150 valence electrons. The molecule has 0 aromatic heterocycles. The SMILES string of the molecule is CC(=O)Nc1ccc(NC(=O)[C@@H](C)OC(=O)C2C[C@H]3CCC[C@@H](C2)C3=O)cc1. The molecule has 28 heavy (non-hydrogen) atoms. The highest BCUT2D eigenvalue weighted by Gasteiger charge is 2.42. The van der Waals surface area contributed by atoms with E-state index < -0.39 is 18.0 Å². The molecule has 1 unspecified atom stereocenters. The second-order valence-electron chi connectivity index (χ2n) is 7.72. The van der Waals surface area contributed by atoms with E-state index in [1.807, 2.05) is 0 Å². The average Bonchev–Trinajstić information content (AvgIpc) is 2.62. The van der Waals surface area contributed by atoms with Crippen molar-refractivity contribution >= 4 is 34.9 Å². The van der Waals surface area contributed by atoms with Gasteiger partial charge in [-0.1, -0.05) is 6.42 Å². The average molecular weight is 386 g/mol. The van der Waals surface area contributed by atoms with Gasteiger partial charge >= 0.3 is 5.97 Å². The van der Waals surface area contributed by atoms with Crippen LogP contribution in [0.25, 0.3) is 0 Å². The molecule has 7 heteroatoms. The topological polar surface area (TPSA) is 102 Å². The van der Waals surface area contributed by atoms with Crippen LogP contribution < -0.4 is 10.6 Å². The summed E-state index contributed by atoms with van der Waals surface area (Å²) in [6.07, 6.45) is 2.88. The first-order valence-electron chi connectivity index (χ1n) is 9.76. The second kappa shape index (κ2) is 8.54. The smallest absolute Gasteiger partial charge is 0.309 e. The largest absolute Gasteiger partial charge is 0.452 e. The van der Waals surface area contributed by atoms with Gasteiger partial charge in [0.1, 0.15) is 5.78 Å². The number of hydrogen-bond donors (Lipinski definition) is 2. The Kier molecular flexibility index (Phi) is 6.11. The molecule has 0 heterocycles. The minimum atomic E-state index is -0.931. The van der Waals surface area contributed by atoms with Gasteiger partial charge in [0.2, 0.25) is 5.91 Å².